The predicted molar refractivity (Wildman–Crippen MR) is 58.3 cm³/mol. The Morgan fingerprint density at radius 2 is 2.00 bits per heavy atom. The number of hydrogen-bond donors (Lipinski definition) is 1. The first-order valence-corrected chi connectivity index (χ1v) is 5.93. The molecule has 1 N–H and O–H groups in total. The molecule has 3 heteroatoms. The first kappa shape index (κ1) is 11.5. The lowest BCUT2D eigenvalue weighted by Gasteiger charge is -2.20. The van der Waals surface area contributed by atoms with Crippen molar-refractivity contribution in [2.45, 2.75) is 46.0 Å². The van der Waals surface area contributed by atoms with E-state index in [9.17, 15) is 0 Å². The molecule has 0 spiro atoms. The summed E-state index contributed by atoms with van der Waals surface area (Å²) in [7, 11) is 1.10. The Bertz CT molecular complexity index is 90.6. The summed E-state index contributed by atoms with van der Waals surface area (Å²) in [6.45, 7) is 10.3. The summed E-state index contributed by atoms with van der Waals surface area (Å²) in [6, 6.07) is 0. The van der Waals surface area contributed by atoms with Crippen molar-refractivity contribution < 1.29 is 0 Å². The van der Waals surface area contributed by atoms with Crippen LogP contribution in [0.2, 0.25) is 6.32 Å². The second-order valence-electron chi connectivity index (χ2n) is 3.96. The van der Waals surface area contributed by atoms with Gasteiger partial charge < -0.3 is 5.32 Å². The van der Waals surface area contributed by atoms with Crippen LogP contribution >= 0.6 is 8.46 Å². The van der Waals surface area contributed by atoms with Crippen molar-refractivity contribution in [1.29, 1.82) is 0 Å². The van der Waals surface area contributed by atoms with Gasteiger partial charge in [-0.2, -0.15) is 0 Å². The summed E-state index contributed by atoms with van der Waals surface area (Å²) in [4.78, 5) is 0. The fraction of sp³-hybridized carbons (Fsp3) is 1.00. The van der Waals surface area contributed by atoms with Crippen LogP contribution in [0.4, 0.5) is 0 Å². The average Bonchev–Trinajstić information content (AvgIpc) is 1.85. The molecule has 0 aromatic heterocycles. The summed E-state index contributed by atoms with van der Waals surface area (Å²) in [5, 5.41) is 3.49. The highest BCUT2D eigenvalue weighted by Crippen LogP contribution is 2.10. The van der Waals surface area contributed by atoms with Crippen molar-refractivity contribution in [1.82, 2.24) is 5.32 Å². The van der Waals surface area contributed by atoms with E-state index in [1.165, 1.54) is 26.0 Å². The van der Waals surface area contributed by atoms with Crippen LogP contribution < -0.4 is 5.32 Å². The Morgan fingerprint density at radius 3 is 2.45 bits per heavy atom. The first-order chi connectivity index (χ1) is 5.06. The van der Waals surface area contributed by atoms with Crippen LogP contribution in [0.1, 0.15) is 34.1 Å². The molecule has 0 saturated heterocycles. The minimum Gasteiger partial charge on any atom is -0.309 e. The van der Waals surface area contributed by atoms with Gasteiger partial charge in [0.25, 0.3) is 0 Å². The Kier molecular flexibility index (Phi) is 6.27. The zero-order valence-corrected chi connectivity index (χ0v) is 9.33. The van der Waals surface area contributed by atoms with Crippen LogP contribution in [-0.4, -0.2) is 18.8 Å². The second kappa shape index (κ2) is 6.02. The Morgan fingerprint density at radius 1 is 1.36 bits per heavy atom. The average molecular weight is 173 g/mol. The van der Waals surface area contributed by atoms with Gasteiger partial charge in [-0.15, -0.1) is 8.46 Å². The van der Waals surface area contributed by atoms with Crippen LogP contribution in [0.25, 0.3) is 0 Å². The highest BCUT2D eigenvalue weighted by atomic mass is 31.1. The van der Waals surface area contributed by atoms with Crippen molar-refractivity contribution >= 4 is 15.5 Å². The third kappa shape index (κ3) is 10.5. The predicted octanol–water partition coefficient (Wildman–Crippen LogP) is 2.19. The van der Waals surface area contributed by atoms with Gasteiger partial charge in [0, 0.05) is 11.8 Å². The van der Waals surface area contributed by atoms with E-state index in [0.717, 1.165) is 8.46 Å². The smallest absolute Gasteiger partial charge is 0.150 e. The van der Waals surface area contributed by atoms with Crippen molar-refractivity contribution in [3.8, 4) is 0 Å². The molecule has 1 nitrogen and oxygen atoms in total. The molecular weight excluding hydrogens is 152 g/mol. The molecule has 66 valence electrons. The lowest BCUT2D eigenvalue weighted by atomic mass is 10.0. The van der Waals surface area contributed by atoms with Crippen LogP contribution in [0, 0.1) is 0 Å². The standard InChI is InChI=1S/C8H21BNP/c1-5-6-9-11-7-10-8(2,3)4/h9-11H,5-7H2,1-4H3. The lowest BCUT2D eigenvalue weighted by molar-refractivity contribution is 0.461. The van der Waals surface area contributed by atoms with Gasteiger partial charge in [0.2, 0.25) is 0 Å². The topological polar surface area (TPSA) is 12.0 Å². The molecule has 1 unspecified atom stereocenters. The van der Waals surface area contributed by atoms with Crippen molar-refractivity contribution in [2.24, 2.45) is 0 Å². The zero-order valence-electron chi connectivity index (χ0n) is 8.33. The Balaban J connectivity index is 3.02. The number of nitrogens with one attached hydrogen (secondary N) is 1. The third-order valence-corrected chi connectivity index (χ3v) is 2.58. The highest BCUT2D eigenvalue weighted by molar-refractivity contribution is 7.70. The van der Waals surface area contributed by atoms with Crippen molar-refractivity contribution in [3.05, 3.63) is 0 Å². The van der Waals surface area contributed by atoms with E-state index in [0.29, 0.717) is 5.54 Å². The van der Waals surface area contributed by atoms with Crippen molar-refractivity contribution in [2.75, 3.05) is 6.29 Å². The van der Waals surface area contributed by atoms with Gasteiger partial charge in [0.05, 0.1) is 0 Å². The maximum absolute atomic E-state index is 3.49. The number of rotatable bonds is 5. The molecule has 0 fully saturated rings. The van der Waals surface area contributed by atoms with Gasteiger partial charge in [0.1, 0.15) is 7.00 Å². The minimum atomic E-state index is 0.305. The summed E-state index contributed by atoms with van der Waals surface area (Å²) in [5.74, 6) is 0. The van der Waals surface area contributed by atoms with E-state index >= 15 is 0 Å². The normalized spacial score (nSPS) is 12.7. The molecule has 0 bridgehead atoms. The SMILES string of the molecule is CCCBPCNC(C)(C)C. The monoisotopic (exact) mass is 173 g/mol. The van der Waals surface area contributed by atoms with Crippen LogP contribution in [0.3, 0.4) is 0 Å². The van der Waals surface area contributed by atoms with Gasteiger partial charge in [-0.05, 0) is 20.8 Å². The van der Waals surface area contributed by atoms with Crippen LogP contribution in [0.15, 0.2) is 0 Å². The summed E-state index contributed by atoms with van der Waals surface area (Å²) in [5.41, 5.74) is 0.305. The van der Waals surface area contributed by atoms with Gasteiger partial charge >= 0.3 is 0 Å². The molecule has 11 heavy (non-hydrogen) atoms. The molecular formula is C8H21BNP. The maximum Gasteiger partial charge on any atom is 0.150 e. The molecule has 0 aliphatic rings. The van der Waals surface area contributed by atoms with Gasteiger partial charge in [-0.1, -0.05) is 19.7 Å². The Hall–Kier alpha value is 0.455. The van der Waals surface area contributed by atoms with E-state index < -0.39 is 0 Å². The fourth-order valence-electron chi connectivity index (χ4n) is 0.718. The van der Waals surface area contributed by atoms with Gasteiger partial charge in [-0.3, -0.25) is 0 Å². The molecule has 0 aromatic rings. The van der Waals surface area contributed by atoms with Gasteiger partial charge in [-0.25, -0.2) is 0 Å². The molecule has 0 amide bonds. The summed E-state index contributed by atoms with van der Waals surface area (Å²) >= 11 is 0. The van der Waals surface area contributed by atoms with E-state index in [1.54, 1.807) is 0 Å². The molecule has 0 radical (unpaired) electrons. The largest absolute Gasteiger partial charge is 0.309 e. The molecule has 0 aromatic carbocycles. The molecule has 0 aliphatic heterocycles. The lowest BCUT2D eigenvalue weighted by Crippen LogP contribution is -2.35. The first-order valence-electron chi connectivity index (χ1n) is 4.52. The van der Waals surface area contributed by atoms with Crippen LogP contribution in [-0.2, 0) is 0 Å². The number of hydrogen-bond acceptors (Lipinski definition) is 1. The fourth-order valence-corrected chi connectivity index (χ4v) is 2.15. The second-order valence-corrected chi connectivity index (χ2v) is 5.31. The van der Waals surface area contributed by atoms with E-state index in [-0.39, 0.29) is 0 Å². The van der Waals surface area contributed by atoms with E-state index in [4.69, 9.17) is 0 Å². The quantitative estimate of drug-likeness (QED) is 0.381. The third-order valence-electron chi connectivity index (χ3n) is 1.45. The van der Waals surface area contributed by atoms with E-state index in [2.05, 4.69) is 33.0 Å². The highest BCUT2D eigenvalue weighted by Gasteiger charge is 2.06. The molecule has 1 atom stereocenters. The van der Waals surface area contributed by atoms with Crippen molar-refractivity contribution in [3.63, 3.8) is 0 Å². The maximum atomic E-state index is 3.49. The summed E-state index contributed by atoms with van der Waals surface area (Å²) in [6.07, 6.45) is 3.93. The molecule has 0 heterocycles. The molecule has 0 aliphatic carbocycles. The summed E-state index contributed by atoms with van der Waals surface area (Å²) < 4.78 is 0. The molecule has 0 rings (SSSR count). The van der Waals surface area contributed by atoms with Crippen LogP contribution in [0.5, 0.6) is 0 Å². The Labute approximate surface area is 73.7 Å². The zero-order chi connectivity index (χ0) is 8.74. The van der Waals surface area contributed by atoms with E-state index in [1.807, 2.05) is 0 Å². The molecule has 0 saturated carbocycles. The van der Waals surface area contributed by atoms with Gasteiger partial charge in [0.15, 0.2) is 0 Å². The minimum absolute atomic E-state index is 0.305.